The topological polar surface area (TPSA) is 70.1 Å². The van der Waals surface area contributed by atoms with Crippen molar-refractivity contribution >= 4 is 28.1 Å². The Morgan fingerprint density at radius 2 is 2.19 bits per heavy atom. The van der Waals surface area contributed by atoms with Crippen LogP contribution >= 0.6 is 11.6 Å². The Kier molecular flexibility index (Phi) is 4.90. The third-order valence-electron chi connectivity index (χ3n) is 3.20. The average molecular weight is 328 g/mol. The van der Waals surface area contributed by atoms with Gasteiger partial charge in [-0.1, -0.05) is 18.5 Å². The van der Waals surface area contributed by atoms with Gasteiger partial charge in [0.25, 0.3) is 0 Å². The van der Waals surface area contributed by atoms with E-state index in [1.165, 1.54) is 7.11 Å². The highest BCUT2D eigenvalue weighted by molar-refractivity contribution is 7.84. The fourth-order valence-electron chi connectivity index (χ4n) is 2.05. The molecule has 0 radical (unpaired) electrons. The molecule has 1 atom stereocenters. The summed E-state index contributed by atoms with van der Waals surface area (Å²) in [5.41, 5.74) is 7.85. The molecule has 0 fully saturated rings. The molecule has 1 aromatic heterocycles. The smallest absolute Gasteiger partial charge is 0.137 e. The largest absolute Gasteiger partial charge is 0.495 e. The van der Waals surface area contributed by atoms with Gasteiger partial charge in [-0.25, -0.2) is 0 Å². The number of nitrogens with zero attached hydrogens (tertiary/aromatic N) is 2. The number of benzene rings is 1. The zero-order valence-electron chi connectivity index (χ0n) is 12.2. The summed E-state index contributed by atoms with van der Waals surface area (Å²) >= 11 is 6.29. The quantitative estimate of drug-likeness (QED) is 0.857. The number of nitrogen functional groups attached to an aromatic ring is 1. The zero-order valence-corrected chi connectivity index (χ0v) is 13.8. The van der Waals surface area contributed by atoms with Gasteiger partial charge >= 0.3 is 0 Å². The summed E-state index contributed by atoms with van der Waals surface area (Å²) in [6.45, 7) is 1.98. The van der Waals surface area contributed by atoms with Gasteiger partial charge in [0.2, 0.25) is 0 Å². The van der Waals surface area contributed by atoms with Gasteiger partial charge in [0.15, 0.2) is 0 Å². The maximum absolute atomic E-state index is 12.6. The third kappa shape index (κ3) is 3.22. The van der Waals surface area contributed by atoms with Gasteiger partial charge in [0, 0.05) is 18.8 Å². The van der Waals surface area contributed by atoms with Gasteiger partial charge in [0.1, 0.15) is 5.75 Å². The molecular weight excluding hydrogens is 310 g/mol. The summed E-state index contributed by atoms with van der Waals surface area (Å²) in [5.74, 6) is 0.796. The van der Waals surface area contributed by atoms with Crippen molar-refractivity contribution in [1.82, 2.24) is 9.78 Å². The minimum Gasteiger partial charge on any atom is -0.495 e. The van der Waals surface area contributed by atoms with Crippen LogP contribution < -0.4 is 10.5 Å². The van der Waals surface area contributed by atoms with E-state index in [-0.39, 0.29) is 5.75 Å². The monoisotopic (exact) mass is 327 g/mol. The second-order valence-electron chi connectivity index (χ2n) is 4.58. The van der Waals surface area contributed by atoms with E-state index in [2.05, 4.69) is 5.10 Å². The molecule has 0 amide bonds. The maximum atomic E-state index is 12.6. The van der Waals surface area contributed by atoms with Crippen molar-refractivity contribution in [3.63, 3.8) is 0 Å². The average Bonchev–Trinajstić information content (AvgIpc) is 2.74. The Labute approximate surface area is 131 Å². The van der Waals surface area contributed by atoms with Crippen molar-refractivity contribution in [2.24, 2.45) is 7.05 Å². The highest BCUT2D eigenvalue weighted by atomic mass is 35.5. The molecule has 0 bridgehead atoms. The summed E-state index contributed by atoms with van der Waals surface area (Å²) in [7, 11) is 2.04. The molecule has 1 heterocycles. The SMILES string of the molecule is CCc1nn(C)c(CS(=O)c2ccc(N)cc2OC)c1Cl. The van der Waals surface area contributed by atoms with Gasteiger partial charge in [-0.05, 0) is 18.6 Å². The highest BCUT2D eigenvalue weighted by Crippen LogP contribution is 2.28. The molecule has 1 aromatic carbocycles. The number of hydrogen-bond donors (Lipinski definition) is 1. The van der Waals surface area contributed by atoms with Gasteiger partial charge in [-0.15, -0.1) is 0 Å². The molecule has 0 saturated heterocycles. The number of anilines is 1. The van der Waals surface area contributed by atoms with E-state index in [1.807, 2.05) is 6.92 Å². The Morgan fingerprint density at radius 1 is 1.48 bits per heavy atom. The van der Waals surface area contributed by atoms with E-state index in [0.717, 1.165) is 17.8 Å². The Morgan fingerprint density at radius 3 is 2.76 bits per heavy atom. The number of halogens is 1. The van der Waals surface area contributed by atoms with Crippen molar-refractivity contribution in [3.05, 3.63) is 34.6 Å². The van der Waals surface area contributed by atoms with E-state index in [9.17, 15) is 4.21 Å². The predicted octanol–water partition coefficient (Wildman–Crippen LogP) is 2.53. The van der Waals surface area contributed by atoms with Crippen molar-refractivity contribution in [1.29, 1.82) is 0 Å². The van der Waals surface area contributed by atoms with Crippen LogP contribution in [0, 0.1) is 0 Å². The Hall–Kier alpha value is -1.53. The van der Waals surface area contributed by atoms with Crippen LogP contribution in [0.2, 0.25) is 5.02 Å². The fourth-order valence-corrected chi connectivity index (χ4v) is 3.81. The molecule has 2 rings (SSSR count). The molecule has 0 aliphatic rings. The molecule has 0 saturated carbocycles. The van der Waals surface area contributed by atoms with E-state index >= 15 is 0 Å². The molecule has 7 heteroatoms. The highest BCUT2D eigenvalue weighted by Gasteiger charge is 2.18. The van der Waals surface area contributed by atoms with Crippen LogP contribution in [0.25, 0.3) is 0 Å². The zero-order chi connectivity index (χ0) is 15.6. The summed E-state index contributed by atoms with van der Waals surface area (Å²) in [5, 5.41) is 4.92. The third-order valence-corrected chi connectivity index (χ3v) is 5.00. The molecule has 0 aliphatic heterocycles. The normalized spacial score (nSPS) is 12.4. The molecule has 0 aliphatic carbocycles. The first kappa shape index (κ1) is 15.9. The second-order valence-corrected chi connectivity index (χ2v) is 6.38. The first-order valence-electron chi connectivity index (χ1n) is 6.50. The molecule has 1 unspecified atom stereocenters. The van der Waals surface area contributed by atoms with Crippen LogP contribution in [0.3, 0.4) is 0 Å². The number of aryl methyl sites for hydroxylation is 2. The van der Waals surface area contributed by atoms with Crippen LogP contribution in [0.4, 0.5) is 5.69 Å². The molecule has 114 valence electrons. The first-order chi connectivity index (χ1) is 9.97. The summed E-state index contributed by atoms with van der Waals surface area (Å²) < 4.78 is 19.5. The Bertz CT molecular complexity index is 685. The lowest BCUT2D eigenvalue weighted by Crippen LogP contribution is -2.05. The molecule has 0 spiro atoms. The van der Waals surface area contributed by atoms with Crippen LogP contribution in [0.1, 0.15) is 18.3 Å². The lowest BCUT2D eigenvalue weighted by molar-refractivity contribution is 0.404. The molecule has 21 heavy (non-hydrogen) atoms. The van der Waals surface area contributed by atoms with E-state index in [1.54, 1.807) is 29.9 Å². The van der Waals surface area contributed by atoms with E-state index in [0.29, 0.717) is 21.4 Å². The number of ether oxygens (including phenoxy) is 1. The predicted molar refractivity (Wildman–Crippen MR) is 85.1 cm³/mol. The van der Waals surface area contributed by atoms with Gasteiger partial charge in [-0.3, -0.25) is 8.89 Å². The number of nitrogens with two attached hydrogens (primary N) is 1. The van der Waals surface area contributed by atoms with Gasteiger partial charge < -0.3 is 10.5 Å². The second kappa shape index (κ2) is 6.49. The van der Waals surface area contributed by atoms with Crippen molar-refractivity contribution in [2.45, 2.75) is 24.0 Å². The lowest BCUT2D eigenvalue weighted by Gasteiger charge is -2.09. The summed E-state index contributed by atoms with van der Waals surface area (Å²) in [6, 6.07) is 5.09. The number of methoxy groups -OCH3 is 1. The van der Waals surface area contributed by atoms with Crippen molar-refractivity contribution < 1.29 is 8.95 Å². The van der Waals surface area contributed by atoms with Gasteiger partial charge in [0.05, 0.1) is 45.0 Å². The first-order valence-corrected chi connectivity index (χ1v) is 8.19. The lowest BCUT2D eigenvalue weighted by atomic mass is 10.3. The number of rotatable bonds is 5. The molecule has 2 N–H and O–H groups in total. The summed E-state index contributed by atoms with van der Waals surface area (Å²) in [4.78, 5) is 0.599. The van der Waals surface area contributed by atoms with E-state index < -0.39 is 10.8 Å². The minimum absolute atomic E-state index is 0.280. The van der Waals surface area contributed by atoms with Crippen molar-refractivity contribution in [3.8, 4) is 5.75 Å². The van der Waals surface area contributed by atoms with Crippen LogP contribution in [0.5, 0.6) is 5.75 Å². The maximum Gasteiger partial charge on any atom is 0.137 e. The van der Waals surface area contributed by atoms with Crippen LogP contribution in [-0.2, 0) is 30.0 Å². The van der Waals surface area contributed by atoms with Gasteiger partial charge in [-0.2, -0.15) is 5.10 Å². The molecule has 5 nitrogen and oxygen atoms in total. The fraction of sp³-hybridized carbons (Fsp3) is 0.357. The number of hydrogen-bond acceptors (Lipinski definition) is 4. The minimum atomic E-state index is -1.29. The van der Waals surface area contributed by atoms with Crippen LogP contribution in [0.15, 0.2) is 23.1 Å². The molecule has 2 aromatic rings. The van der Waals surface area contributed by atoms with E-state index in [4.69, 9.17) is 22.1 Å². The van der Waals surface area contributed by atoms with Crippen molar-refractivity contribution in [2.75, 3.05) is 12.8 Å². The summed E-state index contributed by atoms with van der Waals surface area (Å²) in [6.07, 6.45) is 0.741. The van der Waals surface area contributed by atoms with Crippen LogP contribution in [-0.4, -0.2) is 21.1 Å². The standard InChI is InChI=1S/C14H18ClN3O2S/c1-4-10-14(15)11(18(2)17-10)8-21(19)13-6-5-9(16)7-12(13)20-3/h5-7H,4,8,16H2,1-3H3. The molecular formula is C14H18ClN3O2S. The number of aromatic nitrogens is 2. The Balaban J connectivity index is 2.32.